The molecule has 0 aromatic heterocycles. The molecule has 4 aromatic carbocycles. The Morgan fingerprint density at radius 2 is 1.18 bits per heavy atom. The van der Waals surface area contributed by atoms with Crippen LogP contribution in [-0.2, 0) is 23.1 Å². The van der Waals surface area contributed by atoms with Crippen molar-refractivity contribution >= 4 is 20.8 Å². The van der Waals surface area contributed by atoms with Gasteiger partial charge in [0, 0.05) is 31.6 Å². The van der Waals surface area contributed by atoms with Crippen LogP contribution in [0.2, 0.25) is 0 Å². The van der Waals surface area contributed by atoms with Gasteiger partial charge < -0.3 is 26.4 Å². The molecule has 0 unspecified atom stereocenters. The normalized spacial score (nSPS) is 12.2. The van der Waals surface area contributed by atoms with E-state index in [0.717, 1.165) is 77.4 Å². The van der Waals surface area contributed by atoms with Gasteiger partial charge in [-0.3, -0.25) is 0 Å². The van der Waals surface area contributed by atoms with Crippen LogP contribution in [0.3, 0.4) is 0 Å². The molecule has 0 saturated heterocycles. The van der Waals surface area contributed by atoms with Crippen molar-refractivity contribution in [3.8, 4) is 0 Å². The maximum atomic E-state index is 14.0. The molecule has 244 valence electrons. The molecular formula is C38H52BrN3O2S. The van der Waals surface area contributed by atoms with Gasteiger partial charge in [0.2, 0.25) is 10.0 Å². The van der Waals surface area contributed by atoms with Gasteiger partial charge in [-0.15, -0.1) is 0 Å². The van der Waals surface area contributed by atoms with Crippen molar-refractivity contribution in [3.63, 3.8) is 0 Å². The summed E-state index contributed by atoms with van der Waals surface area (Å²) in [5, 5.41) is 1.99. The molecule has 0 bridgehead atoms. The number of sulfonamides is 1. The summed E-state index contributed by atoms with van der Waals surface area (Å²) < 4.78 is 30.6. The van der Waals surface area contributed by atoms with Crippen LogP contribution in [-0.4, -0.2) is 69.4 Å². The molecule has 0 aliphatic carbocycles. The Morgan fingerprint density at radius 1 is 0.644 bits per heavy atom. The summed E-state index contributed by atoms with van der Waals surface area (Å²) in [5.41, 5.74) is 7.41. The van der Waals surface area contributed by atoms with Crippen LogP contribution in [0.1, 0.15) is 52.6 Å². The van der Waals surface area contributed by atoms with Crippen LogP contribution < -0.4 is 17.0 Å². The lowest BCUT2D eigenvalue weighted by Crippen LogP contribution is -3.00. The van der Waals surface area contributed by atoms with Gasteiger partial charge in [-0.05, 0) is 82.6 Å². The van der Waals surface area contributed by atoms with Crippen LogP contribution >= 0.6 is 0 Å². The zero-order chi connectivity index (χ0) is 31.9. The maximum absolute atomic E-state index is 14.0. The number of hydrogen-bond donors (Lipinski definition) is 0. The van der Waals surface area contributed by atoms with Gasteiger partial charge in [-0.1, -0.05) is 89.0 Å². The first kappa shape index (κ1) is 36.9. The number of benzene rings is 4. The van der Waals surface area contributed by atoms with Gasteiger partial charge in [0.25, 0.3) is 0 Å². The number of hydrogen-bond acceptors (Lipinski definition) is 3. The fraction of sp³-hybridized carbons (Fsp3) is 0.421. The standard InChI is InChI=1S/C38H52N3O2S.BrH/c1-30-21-31(2)24-34(23-30)28-40(44(42,43)38-16-15-36-13-8-9-14-37(36)27-38)19-11-10-17-39(5)18-12-20-41(6,7)29-35-25-32(3)22-33(4)26-35;/h8-9,13-16,21-27H,10-12,17-20,28-29H2,1-7H3;1H/q+1;/p-1. The molecule has 0 radical (unpaired) electrons. The van der Waals surface area contributed by atoms with Crippen LogP contribution in [0.5, 0.6) is 0 Å². The highest BCUT2D eigenvalue weighted by Crippen LogP contribution is 2.24. The van der Waals surface area contributed by atoms with Gasteiger partial charge in [0.1, 0.15) is 6.54 Å². The summed E-state index contributed by atoms with van der Waals surface area (Å²) >= 11 is 0. The fourth-order valence-electron chi connectivity index (χ4n) is 6.41. The first-order valence-electron chi connectivity index (χ1n) is 15.9. The largest absolute Gasteiger partial charge is 1.00 e. The molecule has 0 amide bonds. The van der Waals surface area contributed by atoms with Crippen molar-refractivity contribution < 1.29 is 29.9 Å². The Hall–Kier alpha value is -2.55. The Bertz CT molecular complexity index is 1630. The molecule has 0 fully saturated rings. The molecule has 0 aliphatic heterocycles. The summed E-state index contributed by atoms with van der Waals surface area (Å²) in [6.45, 7) is 13.5. The Morgan fingerprint density at radius 3 is 1.80 bits per heavy atom. The van der Waals surface area contributed by atoms with E-state index in [1.165, 1.54) is 16.7 Å². The van der Waals surface area contributed by atoms with Crippen LogP contribution in [0, 0.1) is 27.7 Å². The molecule has 4 aromatic rings. The molecule has 5 nitrogen and oxygen atoms in total. The van der Waals surface area contributed by atoms with Crippen molar-refractivity contribution in [1.29, 1.82) is 0 Å². The van der Waals surface area contributed by atoms with Crippen molar-refractivity contribution in [2.24, 2.45) is 0 Å². The quantitative estimate of drug-likeness (QED) is 0.135. The van der Waals surface area contributed by atoms with Crippen molar-refractivity contribution in [3.05, 3.63) is 112 Å². The van der Waals surface area contributed by atoms with Gasteiger partial charge in [0.15, 0.2) is 0 Å². The second kappa shape index (κ2) is 16.3. The van der Waals surface area contributed by atoms with E-state index in [0.29, 0.717) is 18.0 Å². The second-order valence-electron chi connectivity index (χ2n) is 13.5. The van der Waals surface area contributed by atoms with Gasteiger partial charge in [-0.25, -0.2) is 8.42 Å². The van der Waals surface area contributed by atoms with E-state index in [9.17, 15) is 8.42 Å². The van der Waals surface area contributed by atoms with Crippen molar-refractivity contribution in [1.82, 2.24) is 9.21 Å². The van der Waals surface area contributed by atoms with Gasteiger partial charge in [0.05, 0.1) is 25.5 Å². The molecule has 45 heavy (non-hydrogen) atoms. The van der Waals surface area contributed by atoms with E-state index in [2.05, 4.69) is 90.1 Å². The van der Waals surface area contributed by atoms with E-state index in [1.807, 2.05) is 36.4 Å². The lowest BCUT2D eigenvalue weighted by atomic mass is 10.1. The van der Waals surface area contributed by atoms with E-state index in [4.69, 9.17) is 0 Å². The lowest BCUT2D eigenvalue weighted by Gasteiger charge is -2.31. The highest BCUT2D eigenvalue weighted by Gasteiger charge is 2.25. The third-order valence-corrected chi connectivity index (χ3v) is 10.2. The minimum Gasteiger partial charge on any atom is -1.00 e. The number of aryl methyl sites for hydroxylation is 4. The highest BCUT2D eigenvalue weighted by atomic mass is 79.9. The van der Waals surface area contributed by atoms with Crippen molar-refractivity contribution in [2.75, 3.05) is 47.3 Å². The smallest absolute Gasteiger partial charge is 0.243 e. The van der Waals surface area contributed by atoms with E-state index in [1.54, 1.807) is 10.4 Å². The SMILES string of the molecule is Cc1cc(C)cc(CN(CCCCN(C)CCC[N+](C)(C)Cc2cc(C)cc(C)c2)S(=O)(=O)c2ccc3ccccc3c2)c1.[Br-]. The first-order chi connectivity index (χ1) is 20.8. The maximum Gasteiger partial charge on any atom is 0.243 e. The summed E-state index contributed by atoms with van der Waals surface area (Å²) in [7, 11) is 3.16. The number of nitrogens with zero attached hydrogens (tertiary/aromatic N) is 3. The predicted molar refractivity (Wildman–Crippen MR) is 185 cm³/mol. The number of unbranched alkanes of at least 4 members (excludes halogenated alkanes) is 1. The zero-order valence-electron chi connectivity index (χ0n) is 28.3. The van der Waals surface area contributed by atoms with Gasteiger partial charge >= 0.3 is 0 Å². The monoisotopic (exact) mass is 693 g/mol. The molecular weight excluding hydrogens is 642 g/mol. The second-order valence-corrected chi connectivity index (χ2v) is 15.5. The van der Waals surface area contributed by atoms with Crippen LogP contribution in [0.15, 0.2) is 83.8 Å². The molecule has 0 spiro atoms. The fourth-order valence-corrected chi connectivity index (χ4v) is 7.91. The lowest BCUT2D eigenvalue weighted by molar-refractivity contribution is -0.903. The minimum absolute atomic E-state index is 0. The topological polar surface area (TPSA) is 40.6 Å². The van der Waals surface area contributed by atoms with E-state index < -0.39 is 10.0 Å². The van der Waals surface area contributed by atoms with E-state index >= 15 is 0 Å². The summed E-state index contributed by atoms with van der Waals surface area (Å²) in [5.74, 6) is 0. The number of fused-ring (bicyclic) bond motifs is 1. The Balaban J connectivity index is 0.00000552. The third kappa shape index (κ3) is 11.0. The van der Waals surface area contributed by atoms with Gasteiger partial charge in [-0.2, -0.15) is 4.31 Å². The predicted octanol–water partition coefficient (Wildman–Crippen LogP) is 4.65. The summed E-state index contributed by atoms with van der Waals surface area (Å²) in [6, 6.07) is 26.6. The number of quaternary nitrogens is 1. The molecule has 7 heteroatoms. The van der Waals surface area contributed by atoms with Crippen molar-refractivity contribution in [2.45, 2.75) is 64.9 Å². The third-order valence-electron chi connectivity index (χ3n) is 8.39. The average molecular weight is 695 g/mol. The minimum atomic E-state index is -3.66. The zero-order valence-corrected chi connectivity index (χ0v) is 30.7. The molecule has 0 atom stereocenters. The molecule has 0 N–H and O–H groups in total. The Labute approximate surface area is 283 Å². The number of rotatable bonds is 15. The van der Waals surface area contributed by atoms with E-state index in [-0.39, 0.29) is 17.0 Å². The summed E-state index contributed by atoms with van der Waals surface area (Å²) in [6.07, 6.45) is 2.90. The average Bonchev–Trinajstić information content (AvgIpc) is 2.92. The van der Waals surface area contributed by atoms with Crippen LogP contribution in [0.4, 0.5) is 0 Å². The molecule has 0 aliphatic rings. The molecule has 0 heterocycles. The first-order valence-corrected chi connectivity index (χ1v) is 17.4. The highest BCUT2D eigenvalue weighted by molar-refractivity contribution is 7.89. The number of halogens is 1. The molecule has 0 saturated carbocycles. The Kier molecular flexibility index (Phi) is 13.4. The van der Waals surface area contributed by atoms with Crippen LogP contribution in [0.25, 0.3) is 10.8 Å². The summed E-state index contributed by atoms with van der Waals surface area (Å²) in [4.78, 5) is 2.75. The molecule has 4 rings (SSSR count).